The van der Waals surface area contributed by atoms with Crippen molar-refractivity contribution >= 4 is 74.2 Å². The van der Waals surface area contributed by atoms with Crippen molar-refractivity contribution in [3.63, 3.8) is 0 Å². The first-order chi connectivity index (χ1) is 16.4. The molecule has 0 unspecified atom stereocenters. The predicted molar refractivity (Wildman–Crippen MR) is 149 cm³/mol. The summed E-state index contributed by atoms with van der Waals surface area (Å²) < 4.78 is 2.71. The molecular weight excluding hydrogens is 482 g/mol. The summed E-state index contributed by atoms with van der Waals surface area (Å²) in [6, 6.07) is 23.9. The van der Waals surface area contributed by atoms with Crippen LogP contribution >= 0.6 is 35.6 Å². The van der Waals surface area contributed by atoms with Crippen molar-refractivity contribution < 1.29 is 4.79 Å². The number of halogens is 1. The number of carbonyl (C=O) groups is 1. The molecule has 34 heavy (non-hydrogen) atoms. The van der Waals surface area contributed by atoms with Gasteiger partial charge in [0.05, 0.1) is 10.6 Å². The molecule has 0 aliphatic carbocycles. The Morgan fingerprint density at radius 2 is 1.71 bits per heavy atom. The number of aromatic nitrogens is 1. The fourth-order valence-electron chi connectivity index (χ4n) is 4.06. The number of thioether (sulfide) groups is 1. The van der Waals surface area contributed by atoms with E-state index in [-0.39, 0.29) is 5.91 Å². The number of hydrogen-bond acceptors (Lipinski definition) is 4. The lowest BCUT2D eigenvalue weighted by Crippen LogP contribution is -2.27. The lowest BCUT2D eigenvalue weighted by atomic mass is 10.1. The van der Waals surface area contributed by atoms with Gasteiger partial charge in [0.15, 0.2) is 4.32 Å². The number of carbonyl (C=O) groups excluding carboxylic acids is 1. The van der Waals surface area contributed by atoms with Crippen LogP contribution in [-0.4, -0.2) is 28.9 Å². The van der Waals surface area contributed by atoms with E-state index < -0.39 is 0 Å². The number of rotatable bonds is 5. The van der Waals surface area contributed by atoms with Gasteiger partial charge in [-0.25, -0.2) is 0 Å². The molecule has 1 fully saturated rings. The van der Waals surface area contributed by atoms with Crippen LogP contribution in [0.3, 0.4) is 0 Å². The molecule has 0 radical (unpaired) electrons. The Morgan fingerprint density at radius 1 is 1.00 bits per heavy atom. The molecule has 5 rings (SSSR count). The molecule has 1 aliphatic heterocycles. The van der Waals surface area contributed by atoms with Gasteiger partial charge in [0.1, 0.15) is 0 Å². The van der Waals surface area contributed by atoms with Crippen LogP contribution in [0, 0.1) is 0 Å². The Kier molecular flexibility index (Phi) is 6.21. The zero-order valence-electron chi connectivity index (χ0n) is 18.7. The topological polar surface area (TPSA) is 28.5 Å². The second-order valence-electron chi connectivity index (χ2n) is 8.25. The minimum absolute atomic E-state index is 0.101. The summed E-state index contributed by atoms with van der Waals surface area (Å²) in [4.78, 5) is 17.6. The Morgan fingerprint density at radius 3 is 2.44 bits per heavy atom. The normalized spacial score (nSPS) is 15.0. The number of nitrogens with zero attached hydrogens (tertiary/aromatic N) is 3. The lowest BCUT2D eigenvalue weighted by Gasteiger charge is -2.17. The monoisotopic (exact) mass is 503 g/mol. The number of amides is 1. The number of para-hydroxylation sites is 1. The van der Waals surface area contributed by atoms with Crippen LogP contribution in [0.4, 0.5) is 11.4 Å². The SMILES string of the molecule is CN(C)c1ccc(N2C(=O)/C(=C\c3cn(Cc4ccccc4Cl)c4ccccc34)SC2=S)cc1. The standard InChI is InChI=1S/C27H22ClN3OS2/c1-29(2)20-11-13-21(14-12-20)31-26(32)25(34-27(31)33)15-19-17-30(24-10-6-4-8-22(19)24)16-18-7-3-5-9-23(18)28/h3-15,17H,16H2,1-2H3/b25-15+. The van der Waals surface area contributed by atoms with E-state index in [0.29, 0.717) is 15.8 Å². The highest BCUT2D eigenvalue weighted by molar-refractivity contribution is 8.27. The molecule has 7 heteroatoms. The van der Waals surface area contributed by atoms with E-state index in [1.807, 2.05) is 85.7 Å². The molecule has 3 aromatic carbocycles. The molecule has 0 N–H and O–H groups in total. The second-order valence-corrected chi connectivity index (χ2v) is 10.3. The molecule has 1 saturated heterocycles. The van der Waals surface area contributed by atoms with E-state index in [9.17, 15) is 4.79 Å². The quantitative estimate of drug-likeness (QED) is 0.221. The van der Waals surface area contributed by atoms with E-state index in [4.69, 9.17) is 23.8 Å². The molecule has 0 spiro atoms. The Labute approximate surface area is 213 Å². The first kappa shape index (κ1) is 22.7. The predicted octanol–water partition coefficient (Wildman–Crippen LogP) is 6.81. The highest BCUT2D eigenvalue weighted by Crippen LogP contribution is 2.37. The van der Waals surface area contributed by atoms with Gasteiger partial charge in [0.25, 0.3) is 5.91 Å². The number of hydrogen-bond donors (Lipinski definition) is 0. The van der Waals surface area contributed by atoms with Crippen molar-refractivity contribution in [2.24, 2.45) is 0 Å². The lowest BCUT2D eigenvalue weighted by molar-refractivity contribution is -0.113. The highest BCUT2D eigenvalue weighted by atomic mass is 35.5. The zero-order chi connectivity index (χ0) is 23.8. The molecule has 4 nitrogen and oxygen atoms in total. The molecule has 0 bridgehead atoms. The Balaban J connectivity index is 1.49. The average Bonchev–Trinajstić information content (AvgIpc) is 3.32. The molecule has 1 amide bonds. The molecule has 4 aromatic rings. The van der Waals surface area contributed by atoms with Crippen LogP contribution < -0.4 is 9.80 Å². The van der Waals surface area contributed by atoms with Gasteiger partial charge < -0.3 is 9.47 Å². The van der Waals surface area contributed by atoms with Gasteiger partial charge >= 0.3 is 0 Å². The van der Waals surface area contributed by atoms with Crippen molar-refractivity contribution in [2.75, 3.05) is 23.9 Å². The Hall–Kier alpha value is -3.06. The van der Waals surface area contributed by atoms with E-state index in [1.165, 1.54) is 11.8 Å². The number of thiocarbonyl (C=S) groups is 1. The summed E-state index contributed by atoms with van der Waals surface area (Å²) >= 11 is 13.3. The first-order valence-electron chi connectivity index (χ1n) is 10.8. The van der Waals surface area contributed by atoms with E-state index in [2.05, 4.69) is 22.9 Å². The first-order valence-corrected chi connectivity index (χ1v) is 12.4. The van der Waals surface area contributed by atoms with Gasteiger partial charge in [-0.1, -0.05) is 72.0 Å². The number of benzene rings is 3. The molecule has 0 saturated carbocycles. The van der Waals surface area contributed by atoms with Crippen LogP contribution in [0.15, 0.2) is 83.9 Å². The minimum Gasteiger partial charge on any atom is -0.378 e. The van der Waals surface area contributed by atoms with Crippen LogP contribution in [-0.2, 0) is 11.3 Å². The zero-order valence-corrected chi connectivity index (χ0v) is 21.1. The van der Waals surface area contributed by atoms with Crippen molar-refractivity contribution in [3.05, 3.63) is 100 Å². The summed E-state index contributed by atoms with van der Waals surface area (Å²) in [5.41, 5.74) is 4.95. The average molecular weight is 504 g/mol. The largest absolute Gasteiger partial charge is 0.378 e. The second kappa shape index (κ2) is 9.29. The van der Waals surface area contributed by atoms with E-state index in [0.717, 1.165) is 38.4 Å². The number of fused-ring (bicyclic) bond motifs is 1. The van der Waals surface area contributed by atoms with E-state index in [1.54, 1.807) is 4.90 Å². The third-order valence-corrected chi connectivity index (χ3v) is 7.49. The van der Waals surface area contributed by atoms with Crippen molar-refractivity contribution in [3.8, 4) is 0 Å². The molecule has 1 aromatic heterocycles. The van der Waals surface area contributed by atoms with Crippen molar-refractivity contribution in [1.82, 2.24) is 4.57 Å². The summed E-state index contributed by atoms with van der Waals surface area (Å²) in [5.74, 6) is -0.101. The maximum absolute atomic E-state index is 13.3. The summed E-state index contributed by atoms with van der Waals surface area (Å²) in [6.45, 7) is 0.646. The van der Waals surface area contributed by atoms with Gasteiger partial charge in [0.2, 0.25) is 0 Å². The van der Waals surface area contributed by atoms with Gasteiger partial charge in [-0.3, -0.25) is 9.69 Å². The maximum atomic E-state index is 13.3. The molecule has 1 aliphatic rings. The summed E-state index contributed by atoms with van der Waals surface area (Å²) in [7, 11) is 3.97. The highest BCUT2D eigenvalue weighted by Gasteiger charge is 2.33. The van der Waals surface area contributed by atoms with Gasteiger partial charge in [-0.15, -0.1) is 0 Å². The smallest absolute Gasteiger partial charge is 0.270 e. The number of anilines is 2. The van der Waals surface area contributed by atoms with Crippen LogP contribution in [0.1, 0.15) is 11.1 Å². The third-order valence-electron chi connectivity index (χ3n) is 5.82. The fraction of sp³-hybridized carbons (Fsp3) is 0.111. The minimum atomic E-state index is -0.101. The van der Waals surface area contributed by atoms with Crippen molar-refractivity contribution in [1.29, 1.82) is 0 Å². The molecule has 2 heterocycles. The Bertz CT molecular complexity index is 1440. The third kappa shape index (κ3) is 4.25. The van der Waals surface area contributed by atoms with Gasteiger partial charge in [-0.05, 0) is 48.0 Å². The van der Waals surface area contributed by atoms with Crippen molar-refractivity contribution in [2.45, 2.75) is 6.54 Å². The summed E-state index contributed by atoms with van der Waals surface area (Å²) in [5, 5.41) is 1.82. The van der Waals surface area contributed by atoms with E-state index >= 15 is 0 Å². The van der Waals surface area contributed by atoms with Gasteiger partial charge in [0, 0.05) is 54.0 Å². The molecule has 0 atom stereocenters. The van der Waals surface area contributed by atoms with Crippen LogP contribution in [0.25, 0.3) is 17.0 Å². The summed E-state index contributed by atoms with van der Waals surface area (Å²) in [6.07, 6.45) is 4.02. The van der Waals surface area contributed by atoms with Crippen LogP contribution in [0.2, 0.25) is 5.02 Å². The molecular formula is C27H22ClN3OS2. The fourth-order valence-corrected chi connectivity index (χ4v) is 5.55. The maximum Gasteiger partial charge on any atom is 0.270 e. The van der Waals surface area contributed by atoms with Crippen LogP contribution in [0.5, 0.6) is 0 Å². The molecule has 170 valence electrons. The van der Waals surface area contributed by atoms with Gasteiger partial charge in [-0.2, -0.15) is 0 Å².